The van der Waals surface area contributed by atoms with Crippen molar-refractivity contribution >= 4 is 11.8 Å². The molecule has 0 saturated heterocycles. The number of carbonyl (C=O) groups excluding carboxylic acids is 1. The highest BCUT2D eigenvalue weighted by Gasteiger charge is 2.15. The van der Waals surface area contributed by atoms with Gasteiger partial charge in [0.05, 0.1) is 0 Å². The van der Waals surface area contributed by atoms with Crippen molar-refractivity contribution in [2.45, 2.75) is 32.9 Å². The molecule has 0 aliphatic rings. The van der Waals surface area contributed by atoms with Crippen LogP contribution in [0.2, 0.25) is 0 Å². The van der Waals surface area contributed by atoms with Crippen molar-refractivity contribution in [3.63, 3.8) is 0 Å². The summed E-state index contributed by atoms with van der Waals surface area (Å²) in [7, 11) is 0. The number of alkyl halides is 1. The summed E-state index contributed by atoms with van der Waals surface area (Å²) in [6.07, 6.45) is -0.438. The molecule has 1 aromatic carbocycles. The lowest BCUT2D eigenvalue weighted by molar-refractivity contribution is 0.0523. The summed E-state index contributed by atoms with van der Waals surface area (Å²) in [5, 5.41) is 5.61. The lowest BCUT2D eigenvalue weighted by atomic mass is 10.2. The second kappa shape index (κ2) is 6.97. The molecule has 0 spiro atoms. The summed E-state index contributed by atoms with van der Waals surface area (Å²) >= 11 is 0. The van der Waals surface area contributed by atoms with Crippen LogP contribution in [0.15, 0.2) is 24.3 Å². The van der Waals surface area contributed by atoms with Gasteiger partial charge in [-0.2, -0.15) is 0 Å². The minimum Gasteiger partial charge on any atom is -0.444 e. The Balaban J connectivity index is 2.39. The fraction of sp³-hybridized carbons (Fsp3) is 0.500. The van der Waals surface area contributed by atoms with Crippen LogP contribution >= 0.6 is 0 Å². The fourth-order valence-corrected chi connectivity index (χ4v) is 1.42. The number of amides is 1. The monoisotopic (exact) mass is 268 g/mol. The highest BCUT2D eigenvalue weighted by molar-refractivity contribution is 5.67. The zero-order chi connectivity index (χ0) is 14.3. The molecule has 1 amide bonds. The molecule has 0 atom stereocenters. The number of rotatable bonds is 5. The van der Waals surface area contributed by atoms with Crippen LogP contribution in [-0.4, -0.2) is 24.9 Å². The van der Waals surface area contributed by atoms with Crippen molar-refractivity contribution in [2.24, 2.45) is 0 Å². The van der Waals surface area contributed by atoms with E-state index in [0.717, 1.165) is 11.3 Å². The Hall–Kier alpha value is -1.78. The summed E-state index contributed by atoms with van der Waals surface area (Å²) in [5.41, 5.74) is 1.32. The van der Waals surface area contributed by atoms with E-state index >= 15 is 0 Å². The molecule has 0 radical (unpaired) electrons. The number of alkyl carbamates (subject to hydrolysis) is 1. The molecular formula is C14H21FN2O2. The highest BCUT2D eigenvalue weighted by Crippen LogP contribution is 2.10. The third-order valence-electron chi connectivity index (χ3n) is 2.21. The minimum atomic E-state index is -0.496. The van der Waals surface area contributed by atoms with E-state index in [0.29, 0.717) is 13.1 Å². The molecule has 0 aliphatic carbocycles. The van der Waals surface area contributed by atoms with Crippen molar-refractivity contribution in [2.75, 3.05) is 18.5 Å². The van der Waals surface area contributed by atoms with E-state index in [2.05, 4.69) is 10.6 Å². The lowest BCUT2D eigenvalue weighted by Gasteiger charge is -2.19. The van der Waals surface area contributed by atoms with Gasteiger partial charge in [0, 0.05) is 18.8 Å². The van der Waals surface area contributed by atoms with Gasteiger partial charge in [0.25, 0.3) is 0 Å². The molecule has 0 unspecified atom stereocenters. The summed E-state index contributed by atoms with van der Waals surface area (Å²) in [6, 6.07) is 7.44. The van der Waals surface area contributed by atoms with Gasteiger partial charge >= 0.3 is 6.09 Å². The van der Waals surface area contributed by atoms with Crippen LogP contribution in [0.3, 0.4) is 0 Å². The molecule has 0 aliphatic heterocycles. The van der Waals surface area contributed by atoms with Gasteiger partial charge in [0.15, 0.2) is 0 Å². The number of anilines is 1. The average molecular weight is 268 g/mol. The Morgan fingerprint density at radius 3 is 2.42 bits per heavy atom. The van der Waals surface area contributed by atoms with Crippen LogP contribution in [0.5, 0.6) is 0 Å². The summed E-state index contributed by atoms with van der Waals surface area (Å²) in [6.45, 7) is 5.75. The van der Waals surface area contributed by atoms with Crippen LogP contribution in [0.25, 0.3) is 0 Å². The van der Waals surface area contributed by atoms with Crippen molar-refractivity contribution in [1.29, 1.82) is 0 Å². The molecule has 106 valence electrons. The fourth-order valence-electron chi connectivity index (χ4n) is 1.42. The van der Waals surface area contributed by atoms with Crippen LogP contribution in [0, 0.1) is 0 Å². The summed E-state index contributed by atoms with van der Waals surface area (Å²) in [4.78, 5) is 11.5. The molecule has 4 nitrogen and oxygen atoms in total. The number of nitrogens with one attached hydrogen (secondary N) is 2. The molecule has 0 aromatic heterocycles. The first kappa shape index (κ1) is 15.3. The molecular weight excluding hydrogens is 247 g/mol. The molecule has 0 fully saturated rings. The topological polar surface area (TPSA) is 50.4 Å². The zero-order valence-corrected chi connectivity index (χ0v) is 11.6. The molecule has 0 heterocycles. The number of halogens is 1. The summed E-state index contributed by atoms with van der Waals surface area (Å²) < 4.78 is 17.1. The highest BCUT2D eigenvalue weighted by atomic mass is 19.1. The number of hydrogen-bond acceptors (Lipinski definition) is 3. The van der Waals surface area contributed by atoms with Gasteiger partial charge in [0.2, 0.25) is 0 Å². The SMILES string of the molecule is CC(C)(C)OC(=O)NCc1ccc(NCCF)cc1. The third kappa shape index (κ3) is 6.64. The first-order chi connectivity index (χ1) is 8.90. The van der Waals surface area contributed by atoms with Crippen LogP contribution in [0.1, 0.15) is 26.3 Å². The second-order valence-electron chi connectivity index (χ2n) is 5.17. The average Bonchev–Trinajstić information content (AvgIpc) is 2.33. The minimum absolute atomic E-state index is 0.301. The van der Waals surface area contributed by atoms with Crippen molar-refractivity contribution in [3.8, 4) is 0 Å². The van der Waals surface area contributed by atoms with Crippen molar-refractivity contribution < 1.29 is 13.9 Å². The quantitative estimate of drug-likeness (QED) is 0.862. The van der Waals surface area contributed by atoms with Gasteiger partial charge in [-0.1, -0.05) is 12.1 Å². The van der Waals surface area contributed by atoms with E-state index in [1.165, 1.54) is 0 Å². The standard InChI is InChI=1S/C14H21FN2O2/c1-14(2,3)19-13(18)17-10-11-4-6-12(7-5-11)16-9-8-15/h4-7,16H,8-10H2,1-3H3,(H,17,18). The van der Waals surface area contributed by atoms with Gasteiger partial charge in [-0.15, -0.1) is 0 Å². The van der Waals surface area contributed by atoms with E-state index < -0.39 is 18.4 Å². The maximum Gasteiger partial charge on any atom is 0.407 e. The Bertz CT molecular complexity index is 399. The number of carbonyl (C=O) groups is 1. The van der Waals surface area contributed by atoms with Gasteiger partial charge in [-0.25, -0.2) is 9.18 Å². The lowest BCUT2D eigenvalue weighted by Crippen LogP contribution is -2.32. The first-order valence-electron chi connectivity index (χ1n) is 6.26. The molecule has 0 bridgehead atoms. The van der Waals surface area contributed by atoms with E-state index in [9.17, 15) is 9.18 Å². The maximum atomic E-state index is 12.0. The van der Waals surface area contributed by atoms with Gasteiger partial charge in [-0.05, 0) is 38.5 Å². The Labute approximate surface area is 113 Å². The van der Waals surface area contributed by atoms with E-state index in [4.69, 9.17) is 4.74 Å². The maximum absolute atomic E-state index is 12.0. The second-order valence-corrected chi connectivity index (χ2v) is 5.17. The van der Waals surface area contributed by atoms with Gasteiger partial charge in [-0.3, -0.25) is 0 Å². The number of benzene rings is 1. The predicted octanol–water partition coefficient (Wildman–Crippen LogP) is 3.09. The summed E-state index contributed by atoms with van der Waals surface area (Å²) in [5.74, 6) is 0. The van der Waals surface area contributed by atoms with Gasteiger partial charge < -0.3 is 15.4 Å². The van der Waals surface area contributed by atoms with E-state index in [-0.39, 0.29) is 0 Å². The predicted molar refractivity (Wildman–Crippen MR) is 74.0 cm³/mol. The Kier molecular flexibility index (Phi) is 5.60. The molecule has 19 heavy (non-hydrogen) atoms. The van der Waals surface area contributed by atoms with Crippen LogP contribution in [-0.2, 0) is 11.3 Å². The van der Waals surface area contributed by atoms with E-state index in [1.807, 2.05) is 45.0 Å². The first-order valence-corrected chi connectivity index (χ1v) is 6.26. The Morgan fingerprint density at radius 1 is 1.26 bits per heavy atom. The smallest absolute Gasteiger partial charge is 0.407 e. The zero-order valence-electron chi connectivity index (χ0n) is 11.6. The normalized spacial score (nSPS) is 10.9. The van der Waals surface area contributed by atoms with Crippen LogP contribution in [0.4, 0.5) is 14.9 Å². The molecule has 2 N–H and O–H groups in total. The largest absolute Gasteiger partial charge is 0.444 e. The van der Waals surface area contributed by atoms with Gasteiger partial charge in [0.1, 0.15) is 12.3 Å². The Morgan fingerprint density at radius 2 is 1.89 bits per heavy atom. The molecule has 1 aromatic rings. The third-order valence-corrected chi connectivity index (χ3v) is 2.21. The number of hydrogen-bond donors (Lipinski definition) is 2. The van der Waals surface area contributed by atoms with E-state index in [1.54, 1.807) is 0 Å². The van der Waals surface area contributed by atoms with Crippen molar-refractivity contribution in [3.05, 3.63) is 29.8 Å². The molecule has 1 rings (SSSR count). The molecule has 5 heteroatoms. The number of ether oxygens (including phenoxy) is 1. The van der Waals surface area contributed by atoms with Crippen molar-refractivity contribution in [1.82, 2.24) is 5.32 Å². The molecule has 0 saturated carbocycles. The van der Waals surface area contributed by atoms with Crippen LogP contribution < -0.4 is 10.6 Å².